The second-order valence-electron chi connectivity index (χ2n) is 3.47. The number of allylic oxidation sites excluding steroid dienone is 3. The highest BCUT2D eigenvalue weighted by Gasteiger charge is 2.41. The Morgan fingerprint density at radius 3 is 3.17 bits per heavy atom. The molecule has 0 aromatic rings. The molecule has 1 aliphatic heterocycles. The lowest BCUT2D eigenvalue weighted by Crippen LogP contribution is -2.33. The molecule has 2 aliphatic rings. The molecular weight excluding hydrogens is 150 g/mol. The summed E-state index contributed by atoms with van der Waals surface area (Å²) in [5, 5.41) is 3.74. The molecule has 1 heterocycles. The fraction of sp³-hybridized carbons (Fsp3) is 0.500. The largest absolute Gasteiger partial charge is 0.394 e. The van der Waals surface area contributed by atoms with Gasteiger partial charge in [0.15, 0.2) is 0 Å². The van der Waals surface area contributed by atoms with Crippen molar-refractivity contribution in [2.75, 3.05) is 6.61 Å². The summed E-state index contributed by atoms with van der Waals surface area (Å²) in [5.41, 5.74) is 1.22. The van der Waals surface area contributed by atoms with Crippen LogP contribution >= 0.6 is 0 Å². The summed E-state index contributed by atoms with van der Waals surface area (Å²) in [5.74, 6) is 0.439. The second-order valence-corrected chi connectivity index (χ2v) is 3.47. The van der Waals surface area contributed by atoms with Crippen molar-refractivity contribution in [1.29, 1.82) is 0 Å². The van der Waals surface area contributed by atoms with Gasteiger partial charge in [0, 0.05) is 0 Å². The molecule has 0 fully saturated rings. The van der Waals surface area contributed by atoms with Gasteiger partial charge in [-0.2, -0.15) is 0 Å². The number of rotatable bonds is 0. The highest BCUT2D eigenvalue weighted by Crippen LogP contribution is 2.40. The van der Waals surface area contributed by atoms with Crippen LogP contribution in [0.25, 0.3) is 0 Å². The molecule has 0 aromatic heterocycles. The molecule has 0 N–H and O–H groups in total. The molecule has 2 heteroatoms. The molecule has 12 heavy (non-hydrogen) atoms. The molecule has 0 aromatic carbocycles. The van der Waals surface area contributed by atoms with Crippen molar-refractivity contribution in [1.82, 2.24) is 0 Å². The van der Waals surface area contributed by atoms with Crippen LogP contribution in [0.2, 0.25) is 0 Å². The number of hydrogen-bond donors (Lipinski definition) is 0. The molecular formula is C10H12NO. The lowest BCUT2D eigenvalue weighted by molar-refractivity contribution is 0.118. The van der Waals surface area contributed by atoms with Crippen LogP contribution in [0.5, 0.6) is 0 Å². The second kappa shape index (κ2) is 2.47. The van der Waals surface area contributed by atoms with E-state index in [1.807, 2.05) is 0 Å². The van der Waals surface area contributed by atoms with E-state index in [9.17, 15) is 0 Å². The average molecular weight is 162 g/mol. The molecule has 2 atom stereocenters. The average Bonchev–Trinajstić information content (AvgIpc) is 2.50. The maximum absolute atomic E-state index is 5.02. The Kier molecular flexibility index (Phi) is 1.56. The monoisotopic (exact) mass is 162 g/mol. The van der Waals surface area contributed by atoms with Crippen LogP contribution in [-0.2, 0) is 4.84 Å². The fourth-order valence-corrected chi connectivity index (χ4v) is 1.75. The predicted octanol–water partition coefficient (Wildman–Crippen LogP) is 2.02. The first kappa shape index (κ1) is 7.59. The lowest BCUT2D eigenvalue weighted by atomic mass is 9.70. The molecule has 0 bridgehead atoms. The SMILES string of the molecule is CC1=CC=CC(C)C12[C]=NOC2. The first-order valence-corrected chi connectivity index (χ1v) is 4.20. The third-order valence-electron chi connectivity index (χ3n) is 2.83. The van der Waals surface area contributed by atoms with Gasteiger partial charge in [-0.3, -0.25) is 0 Å². The summed E-state index contributed by atoms with van der Waals surface area (Å²) in [6, 6.07) is 0. The van der Waals surface area contributed by atoms with Gasteiger partial charge in [0.05, 0.1) is 5.41 Å². The molecule has 0 saturated carbocycles. The van der Waals surface area contributed by atoms with Crippen molar-refractivity contribution in [2.24, 2.45) is 16.5 Å². The lowest BCUT2D eigenvalue weighted by Gasteiger charge is -2.31. The molecule has 0 saturated heterocycles. The zero-order valence-corrected chi connectivity index (χ0v) is 7.37. The molecule has 0 amide bonds. The van der Waals surface area contributed by atoms with Gasteiger partial charge >= 0.3 is 0 Å². The molecule has 2 nitrogen and oxygen atoms in total. The Morgan fingerprint density at radius 2 is 2.58 bits per heavy atom. The molecule has 1 spiro atoms. The quantitative estimate of drug-likeness (QED) is 0.534. The minimum Gasteiger partial charge on any atom is -0.394 e. The van der Waals surface area contributed by atoms with Crippen LogP contribution in [0.4, 0.5) is 0 Å². The number of nitrogens with zero attached hydrogens (tertiary/aromatic N) is 1. The Bertz CT molecular complexity index is 278. The van der Waals surface area contributed by atoms with Crippen molar-refractivity contribution in [2.45, 2.75) is 13.8 Å². The maximum atomic E-state index is 5.02. The van der Waals surface area contributed by atoms with E-state index in [1.165, 1.54) is 5.57 Å². The molecule has 63 valence electrons. The summed E-state index contributed by atoms with van der Waals surface area (Å²) in [6.45, 7) is 4.92. The molecule has 1 aliphatic carbocycles. The molecule has 2 unspecified atom stereocenters. The Morgan fingerprint density at radius 1 is 1.75 bits per heavy atom. The van der Waals surface area contributed by atoms with Crippen molar-refractivity contribution in [3.63, 3.8) is 0 Å². The van der Waals surface area contributed by atoms with Crippen LogP contribution in [-0.4, -0.2) is 12.8 Å². The summed E-state index contributed by atoms with van der Waals surface area (Å²) in [7, 11) is 0. The topological polar surface area (TPSA) is 21.6 Å². The van der Waals surface area contributed by atoms with Crippen LogP contribution in [0.1, 0.15) is 13.8 Å². The van der Waals surface area contributed by atoms with E-state index in [0.29, 0.717) is 12.5 Å². The standard InChI is InChI=1S/C10H12NO/c1-8-4-3-5-9(2)10(8)6-11-12-7-10/h3-5,8H,7H2,1-2H3. The number of hydrogen-bond acceptors (Lipinski definition) is 2. The van der Waals surface area contributed by atoms with E-state index >= 15 is 0 Å². The summed E-state index contributed by atoms with van der Waals surface area (Å²) in [4.78, 5) is 5.02. The molecule has 1 radical (unpaired) electrons. The Balaban J connectivity index is 2.40. The van der Waals surface area contributed by atoms with Gasteiger partial charge in [0.1, 0.15) is 12.8 Å². The van der Waals surface area contributed by atoms with Gasteiger partial charge in [-0.1, -0.05) is 35.9 Å². The normalized spacial score (nSPS) is 38.5. The summed E-state index contributed by atoms with van der Waals surface area (Å²) >= 11 is 0. The van der Waals surface area contributed by atoms with E-state index in [2.05, 4.69) is 43.4 Å². The van der Waals surface area contributed by atoms with Crippen LogP contribution < -0.4 is 0 Å². The van der Waals surface area contributed by atoms with Gasteiger partial charge < -0.3 is 4.84 Å². The minimum absolute atomic E-state index is 0.0747. The van der Waals surface area contributed by atoms with Gasteiger partial charge in [-0.05, 0) is 12.8 Å². The van der Waals surface area contributed by atoms with E-state index in [0.717, 1.165) is 0 Å². The van der Waals surface area contributed by atoms with Crippen molar-refractivity contribution in [3.05, 3.63) is 23.8 Å². The van der Waals surface area contributed by atoms with Crippen LogP contribution in [0.3, 0.4) is 0 Å². The Hall–Kier alpha value is -1.05. The maximum Gasteiger partial charge on any atom is 0.132 e. The van der Waals surface area contributed by atoms with Gasteiger partial charge in [-0.25, -0.2) is 0 Å². The van der Waals surface area contributed by atoms with Crippen molar-refractivity contribution >= 4 is 6.21 Å². The summed E-state index contributed by atoms with van der Waals surface area (Å²) < 4.78 is 0. The van der Waals surface area contributed by atoms with Gasteiger partial charge in [0.25, 0.3) is 0 Å². The predicted molar refractivity (Wildman–Crippen MR) is 47.9 cm³/mol. The summed E-state index contributed by atoms with van der Waals surface area (Å²) in [6.07, 6.45) is 9.42. The van der Waals surface area contributed by atoms with E-state index in [4.69, 9.17) is 4.84 Å². The van der Waals surface area contributed by atoms with E-state index in [1.54, 1.807) is 0 Å². The van der Waals surface area contributed by atoms with Crippen LogP contribution in [0, 0.1) is 11.3 Å². The fourth-order valence-electron chi connectivity index (χ4n) is 1.75. The van der Waals surface area contributed by atoms with Gasteiger partial charge in [0.2, 0.25) is 0 Å². The highest BCUT2D eigenvalue weighted by molar-refractivity contribution is 5.73. The third-order valence-corrected chi connectivity index (χ3v) is 2.83. The van der Waals surface area contributed by atoms with Crippen molar-refractivity contribution in [3.8, 4) is 0 Å². The van der Waals surface area contributed by atoms with Crippen molar-refractivity contribution < 1.29 is 4.84 Å². The smallest absolute Gasteiger partial charge is 0.132 e. The third kappa shape index (κ3) is 0.840. The van der Waals surface area contributed by atoms with E-state index < -0.39 is 0 Å². The Labute approximate surface area is 72.6 Å². The highest BCUT2D eigenvalue weighted by atomic mass is 16.6. The zero-order chi connectivity index (χ0) is 8.60. The zero-order valence-electron chi connectivity index (χ0n) is 7.37. The van der Waals surface area contributed by atoms with Crippen LogP contribution in [0.15, 0.2) is 29.0 Å². The van der Waals surface area contributed by atoms with Gasteiger partial charge in [-0.15, -0.1) is 0 Å². The van der Waals surface area contributed by atoms with E-state index in [-0.39, 0.29) is 5.41 Å². The minimum atomic E-state index is -0.0747. The first-order valence-electron chi connectivity index (χ1n) is 4.20. The first-order chi connectivity index (χ1) is 5.76. The molecule has 2 rings (SSSR count).